The maximum atomic E-state index is 13.0. The van der Waals surface area contributed by atoms with Gasteiger partial charge in [0.05, 0.1) is 5.60 Å². The van der Waals surface area contributed by atoms with Crippen LogP contribution < -0.4 is 5.73 Å². The van der Waals surface area contributed by atoms with E-state index in [4.69, 9.17) is 10.5 Å². The first kappa shape index (κ1) is 14.1. The van der Waals surface area contributed by atoms with E-state index in [1.165, 1.54) is 12.1 Å². The SMILES string of the molecule is COC(C)(C)CCC(N)c1cc(F)cc(F)c1. The third-order valence-corrected chi connectivity index (χ3v) is 2.92. The Morgan fingerprint density at radius 2 is 1.76 bits per heavy atom. The third-order valence-electron chi connectivity index (χ3n) is 2.92. The first-order valence-electron chi connectivity index (χ1n) is 5.61. The van der Waals surface area contributed by atoms with E-state index >= 15 is 0 Å². The first-order valence-corrected chi connectivity index (χ1v) is 5.61. The molecule has 1 aromatic rings. The molecule has 2 N–H and O–H groups in total. The minimum Gasteiger partial charge on any atom is -0.379 e. The maximum absolute atomic E-state index is 13.0. The van der Waals surface area contributed by atoms with Crippen molar-refractivity contribution in [1.29, 1.82) is 0 Å². The Balaban J connectivity index is 2.67. The molecule has 0 saturated carbocycles. The topological polar surface area (TPSA) is 35.2 Å². The van der Waals surface area contributed by atoms with Crippen molar-refractivity contribution in [3.05, 3.63) is 35.4 Å². The summed E-state index contributed by atoms with van der Waals surface area (Å²) in [6.45, 7) is 3.90. The summed E-state index contributed by atoms with van der Waals surface area (Å²) in [4.78, 5) is 0. The quantitative estimate of drug-likeness (QED) is 0.862. The Kier molecular flexibility index (Phi) is 4.60. The molecule has 0 amide bonds. The molecule has 0 aliphatic heterocycles. The van der Waals surface area contributed by atoms with Gasteiger partial charge in [0, 0.05) is 19.2 Å². The molecule has 0 fully saturated rings. The van der Waals surface area contributed by atoms with Crippen LogP contribution in [0, 0.1) is 11.6 Å². The highest BCUT2D eigenvalue weighted by molar-refractivity contribution is 5.21. The Morgan fingerprint density at radius 1 is 1.24 bits per heavy atom. The minimum absolute atomic E-state index is 0.274. The molecule has 0 heterocycles. The van der Waals surface area contributed by atoms with E-state index in [2.05, 4.69) is 0 Å². The first-order chi connectivity index (χ1) is 7.84. The van der Waals surface area contributed by atoms with Crippen molar-refractivity contribution in [2.24, 2.45) is 5.73 Å². The zero-order valence-electron chi connectivity index (χ0n) is 10.5. The molecule has 0 bridgehead atoms. The monoisotopic (exact) mass is 243 g/mol. The number of benzene rings is 1. The van der Waals surface area contributed by atoms with Gasteiger partial charge in [-0.1, -0.05) is 0 Å². The summed E-state index contributed by atoms with van der Waals surface area (Å²) in [5, 5.41) is 0. The van der Waals surface area contributed by atoms with Gasteiger partial charge in [0.2, 0.25) is 0 Å². The Hall–Kier alpha value is -1.00. The van der Waals surface area contributed by atoms with E-state index in [0.29, 0.717) is 12.0 Å². The second-order valence-corrected chi connectivity index (χ2v) is 4.81. The fourth-order valence-electron chi connectivity index (χ4n) is 1.56. The number of ether oxygens (including phenoxy) is 1. The number of methoxy groups -OCH3 is 1. The standard InChI is InChI=1S/C13H19F2NO/c1-13(2,17-3)5-4-12(16)9-6-10(14)8-11(15)7-9/h6-8,12H,4-5,16H2,1-3H3. The van der Waals surface area contributed by atoms with Gasteiger partial charge in [-0.25, -0.2) is 8.78 Å². The highest BCUT2D eigenvalue weighted by Gasteiger charge is 2.18. The lowest BCUT2D eigenvalue weighted by atomic mass is 9.95. The smallest absolute Gasteiger partial charge is 0.126 e. The van der Waals surface area contributed by atoms with Crippen molar-refractivity contribution in [3.63, 3.8) is 0 Å². The van der Waals surface area contributed by atoms with Crippen LogP contribution in [0.5, 0.6) is 0 Å². The predicted molar refractivity (Wildman–Crippen MR) is 63.6 cm³/mol. The van der Waals surface area contributed by atoms with Gasteiger partial charge in [-0.05, 0) is 44.4 Å². The maximum Gasteiger partial charge on any atom is 0.126 e. The van der Waals surface area contributed by atoms with Crippen molar-refractivity contribution in [2.75, 3.05) is 7.11 Å². The van der Waals surface area contributed by atoms with Crippen LogP contribution in [0.4, 0.5) is 8.78 Å². The van der Waals surface area contributed by atoms with E-state index in [9.17, 15) is 8.78 Å². The molecule has 0 aliphatic rings. The molecule has 2 nitrogen and oxygen atoms in total. The molecule has 4 heteroatoms. The molecule has 1 rings (SSSR count). The molecule has 0 spiro atoms. The van der Waals surface area contributed by atoms with Crippen molar-refractivity contribution in [1.82, 2.24) is 0 Å². The van der Waals surface area contributed by atoms with E-state index < -0.39 is 11.6 Å². The van der Waals surface area contributed by atoms with Crippen molar-refractivity contribution < 1.29 is 13.5 Å². The molecular weight excluding hydrogens is 224 g/mol. The largest absolute Gasteiger partial charge is 0.379 e. The molecule has 0 radical (unpaired) electrons. The van der Waals surface area contributed by atoms with Gasteiger partial charge in [0.15, 0.2) is 0 Å². The highest BCUT2D eigenvalue weighted by Crippen LogP contribution is 2.23. The second-order valence-electron chi connectivity index (χ2n) is 4.81. The summed E-state index contributed by atoms with van der Waals surface area (Å²) in [7, 11) is 1.63. The summed E-state index contributed by atoms with van der Waals surface area (Å²) in [5.41, 5.74) is 6.11. The van der Waals surface area contributed by atoms with Gasteiger partial charge in [-0.2, -0.15) is 0 Å². The average molecular weight is 243 g/mol. The van der Waals surface area contributed by atoms with Gasteiger partial charge in [0.25, 0.3) is 0 Å². The number of hydrogen-bond donors (Lipinski definition) is 1. The summed E-state index contributed by atoms with van der Waals surface area (Å²) < 4.78 is 31.3. The normalized spacial score (nSPS) is 13.8. The number of halogens is 2. The molecular formula is C13H19F2NO. The predicted octanol–water partition coefficient (Wildman–Crippen LogP) is 3.17. The Bertz CT molecular complexity index is 359. The van der Waals surface area contributed by atoms with Gasteiger partial charge >= 0.3 is 0 Å². The molecule has 0 aromatic heterocycles. The van der Waals surface area contributed by atoms with Crippen LogP contribution >= 0.6 is 0 Å². The van der Waals surface area contributed by atoms with E-state index in [0.717, 1.165) is 12.5 Å². The fourth-order valence-corrected chi connectivity index (χ4v) is 1.56. The van der Waals surface area contributed by atoms with E-state index in [1.807, 2.05) is 13.8 Å². The van der Waals surface area contributed by atoms with Crippen molar-refractivity contribution in [2.45, 2.75) is 38.3 Å². The molecule has 1 unspecified atom stereocenters. The molecule has 1 atom stereocenters. The highest BCUT2D eigenvalue weighted by atomic mass is 19.1. The molecule has 17 heavy (non-hydrogen) atoms. The van der Waals surface area contributed by atoms with Gasteiger partial charge in [0.1, 0.15) is 11.6 Å². The zero-order chi connectivity index (χ0) is 13.1. The lowest BCUT2D eigenvalue weighted by Gasteiger charge is -2.24. The molecule has 0 saturated heterocycles. The number of nitrogens with two attached hydrogens (primary N) is 1. The zero-order valence-corrected chi connectivity index (χ0v) is 10.5. The molecule has 96 valence electrons. The van der Waals surface area contributed by atoms with Crippen LogP contribution in [0.2, 0.25) is 0 Å². The van der Waals surface area contributed by atoms with E-state index in [-0.39, 0.29) is 11.6 Å². The van der Waals surface area contributed by atoms with Crippen LogP contribution in [-0.2, 0) is 4.74 Å². The van der Waals surface area contributed by atoms with Crippen LogP contribution in [0.1, 0.15) is 38.3 Å². The second kappa shape index (κ2) is 5.56. The van der Waals surface area contributed by atoms with Crippen molar-refractivity contribution in [3.8, 4) is 0 Å². The van der Waals surface area contributed by atoms with Crippen LogP contribution in [-0.4, -0.2) is 12.7 Å². The molecule has 0 aliphatic carbocycles. The van der Waals surface area contributed by atoms with E-state index in [1.54, 1.807) is 7.11 Å². The van der Waals surface area contributed by atoms with Gasteiger partial charge < -0.3 is 10.5 Å². The summed E-state index contributed by atoms with van der Waals surface area (Å²) >= 11 is 0. The summed E-state index contributed by atoms with van der Waals surface area (Å²) in [6.07, 6.45) is 1.34. The molecule has 1 aromatic carbocycles. The minimum atomic E-state index is -0.596. The van der Waals surface area contributed by atoms with Gasteiger partial charge in [-0.3, -0.25) is 0 Å². The van der Waals surface area contributed by atoms with Crippen molar-refractivity contribution >= 4 is 0 Å². The third kappa shape index (κ3) is 4.40. The Morgan fingerprint density at radius 3 is 2.24 bits per heavy atom. The van der Waals surface area contributed by atoms with Gasteiger partial charge in [-0.15, -0.1) is 0 Å². The summed E-state index contributed by atoms with van der Waals surface area (Å²) in [5.74, 6) is -1.19. The van der Waals surface area contributed by atoms with Crippen LogP contribution in [0.25, 0.3) is 0 Å². The average Bonchev–Trinajstić information content (AvgIpc) is 2.24. The lowest BCUT2D eigenvalue weighted by molar-refractivity contribution is 0.0125. The Labute approximate surface area is 101 Å². The van der Waals surface area contributed by atoms with Crippen LogP contribution in [0.15, 0.2) is 18.2 Å². The fraction of sp³-hybridized carbons (Fsp3) is 0.538. The summed E-state index contributed by atoms with van der Waals surface area (Å²) in [6, 6.07) is 3.01. The van der Waals surface area contributed by atoms with Crippen LogP contribution in [0.3, 0.4) is 0 Å². The number of hydrogen-bond acceptors (Lipinski definition) is 2. The lowest BCUT2D eigenvalue weighted by Crippen LogP contribution is -2.24. The number of rotatable bonds is 5.